The molecule has 2 aromatic carbocycles. The lowest BCUT2D eigenvalue weighted by Gasteiger charge is -2.18. The summed E-state index contributed by atoms with van der Waals surface area (Å²) in [7, 11) is 0. The lowest BCUT2D eigenvalue weighted by atomic mass is 10.1. The number of unbranched alkanes of at least 4 members (excludes halogenated alkanes) is 1. The zero-order valence-electron chi connectivity index (χ0n) is 16.1. The Morgan fingerprint density at radius 2 is 1.90 bits per heavy atom. The summed E-state index contributed by atoms with van der Waals surface area (Å²) < 4.78 is 38.8. The number of nitrogens with zero attached hydrogens (tertiary/aromatic N) is 1. The molecule has 1 fully saturated rings. The largest absolute Gasteiger partial charge is 0.416 e. The van der Waals surface area contributed by atoms with Gasteiger partial charge in [0.1, 0.15) is 0 Å². The maximum atomic E-state index is 12.9. The van der Waals surface area contributed by atoms with Crippen LogP contribution in [0.3, 0.4) is 0 Å². The van der Waals surface area contributed by atoms with E-state index in [9.17, 15) is 22.8 Å². The maximum absolute atomic E-state index is 12.9. The van der Waals surface area contributed by atoms with Crippen LogP contribution in [0.4, 0.5) is 24.5 Å². The van der Waals surface area contributed by atoms with E-state index in [1.807, 2.05) is 24.3 Å². The first-order valence-corrected chi connectivity index (χ1v) is 9.65. The lowest BCUT2D eigenvalue weighted by molar-refractivity contribution is -0.137. The SMILES string of the molecule is CCCCc1ccc(NC(=O)[C@H]2CC(=O)N(c3cccc(C(F)(F)F)c3)C2)cc1. The van der Waals surface area contributed by atoms with Crippen LogP contribution in [0.1, 0.15) is 37.3 Å². The molecule has 0 unspecified atom stereocenters. The van der Waals surface area contributed by atoms with Crippen LogP contribution in [0.2, 0.25) is 0 Å². The van der Waals surface area contributed by atoms with Crippen molar-refractivity contribution < 1.29 is 22.8 Å². The Hall–Kier alpha value is -2.83. The number of carbonyl (C=O) groups is 2. The third kappa shape index (κ3) is 5.16. The Kier molecular flexibility index (Phi) is 6.25. The van der Waals surface area contributed by atoms with Gasteiger partial charge in [0.25, 0.3) is 0 Å². The Labute approximate surface area is 167 Å². The molecule has 0 spiro atoms. The summed E-state index contributed by atoms with van der Waals surface area (Å²) in [4.78, 5) is 26.1. The highest BCUT2D eigenvalue weighted by Gasteiger charge is 2.37. The molecule has 0 aliphatic carbocycles. The number of nitrogens with one attached hydrogen (secondary N) is 1. The number of carbonyl (C=O) groups excluding carboxylic acids is 2. The van der Waals surface area contributed by atoms with Crippen molar-refractivity contribution in [2.45, 2.75) is 38.8 Å². The van der Waals surface area contributed by atoms with Crippen LogP contribution >= 0.6 is 0 Å². The minimum absolute atomic E-state index is 0.0311. The van der Waals surface area contributed by atoms with E-state index in [-0.39, 0.29) is 30.5 Å². The number of anilines is 2. The highest BCUT2D eigenvalue weighted by Crippen LogP contribution is 2.33. The van der Waals surface area contributed by atoms with E-state index in [2.05, 4.69) is 12.2 Å². The summed E-state index contributed by atoms with van der Waals surface area (Å²) in [6.45, 7) is 2.18. The number of alkyl halides is 3. The maximum Gasteiger partial charge on any atom is 0.416 e. The molecule has 29 heavy (non-hydrogen) atoms. The van der Waals surface area contributed by atoms with Gasteiger partial charge in [-0.3, -0.25) is 9.59 Å². The van der Waals surface area contributed by atoms with Gasteiger partial charge in [-0.2, -0.15) is 13.2 Å². The van der Waals surface area contributed by atoms with Crippen molar-refractivity contribution >= 4 is 23.2 Å². The van der Waals surface area contributed by atoms with Gasteiger partial charge < -0.3 is 10.2 Å². The molecule has 1 aliphatic heterocycles. The van der Waals surface area contributed by atoms with Crippen molar-refractivity contribution in [1.82, 2.24) is 0 Å². The number of benzene rings is 2. The number of hydrogen-bond acceptors (Lipinski definition) is 2. The molecule has 4 nitrogen and oxygen atoms in total. The van der Waals surface area contributed by atoms with Gasteiger partial charge in [0.05, 0.1) is 11.5 Å². The fraction of sp³-hybridized carbons (Fsp3) is 0.364. The van der Waals surface area contributed by atoms with E-state index in [1.54, 1.807) is 0 Å². The van der Waals surface area contributed by atoms with Crippen molar-refractivity contribution in [2.24, 2.45) is 5.92 Å². The molecule has 1 saturated heterocycles. The summed E-state index contributed by atoms with van der Waals surface area (Å²) >= 11 is 0. The Morgan fingerprint density at radius 3 is 2.55 bits per heavy atom. The molecule has 154 valence electrons. The summed E-state index contributed by atoms with van der Waals surface area (Å²) in [5.41, 5.74) is 1.16. The van der Waals surface area contributed by atoms with Gasteiger partial charge in [-0.05, 0) is 48.7 Å². The van der Waals surface area contributed by atoms with Crippen LogP contribution in [0, 0.1) is 5.92 Å². The normalized spacial score (nSPS) is 16.9. The van der Waals surface area contributed by atoms with Crippen molar-refractivity contribution in [1.29, 1.82) is 0 Å². The summed E-state index contributed by atoms with van der Waals surface area (Å²) in [6.07, 6.45) is -1.33. The molecule has 7 heteroatoms. The Balaban J connectivity index is 1.64. The fourth-order valence-corrected chi connectivity index (χ4v) is 3.36. The van der Waals surface area contributed by atoms with E-state index in [1.165, 1.54) is 22.6 Å². The van der Waals surface area contributed by atoms with Gasteiger partial charge in [0.15, 0.2) is 0 Å². The van der Waals surface area contributed by atoms with Crippen molar-refractivity contribution in [3.05, 3.63) is 59.7 Å². The van der Waals surface area contributed by atoms with E-state index < -0.39 is 17.7 Å². The Morgan fingerprint density at radius 1 is 1.17 bits per heavy atom. The van der Waals surface area contributed by atoms with Crippen molar-refractivity contribution in [3.63, 3.8) is 0 Å². The third-order valence-corrected chi connectivity index (χ3v) is 5.02. The zero-order chi connectivity index (χ0) is 21.0. The second-order valence-electron chi connectivity index (χ2n) is 7.24. The lowest BCUT2D eigenvalue weighted by Crippen LogP contribution is -2.28. The van der Waals surface area contributed by atoms with Crippen molar-refractivity contribution in [2.75, 3.05) is 16.8 Å². The predicted molar refractivity (Wildman–Crippen MR) is 106 cm³/mol. The molecule has 2 aromatic rings. The van der Waals surface area contributed by atoms with Gasteiger partial charge in [-0.25, -0.2) is 0 Å². The van der Waals surface area contributed by atoms with Gasteiger partial charge >= 0.3 is 6.18 Å². The molecule has 0 aromatic heterocycles. The van der Waals surface area contributed by atoms with Crippen LogP contribution in [0.5, 0.6) is 0 Å². The number of hydrogen-bond donors (Lipinski definition) is 1. The highest BCUT2D eigenvalue weighted by molar-refractivity contribution is 6.03. The highest BCUT2D eigenvalue weighted by atomic mass is 19.4. The second kappa shape index (κ2) is 8.68. The minimum Gasteiger partial charge on any atom is -0.326 e. The standard InChI is InChI=1S/C22H23F3N2O2/c1-2-3-5-15-8-10-18(11-9-15)26-21(29)16-12-20(28)27(14-16)19-7-4-6-17(13-19)22(23,24)25/h4,6-11,13,16H,2-3,5,12,14H2,1H3,(H,26,29)/t16-/m0/s1. The average Bonchev–Trinajstić information content (AvgIpc) is 3.09. The van der Waals surface area contributed by atoms with Gasteiger partial charge in [0, 0.05) is 24.3 Å². The van der Waals surface area contributed by atoms with E-state index in [0.717, 1.165) is 31.4 Å². The van der Waals surface area contributed by atoms with Crippen LogP contribution in [0.25, 0.3) is 0 Å². The third-order valence-electron chi connectivity index (χ3n) is 5.02. The van der Waals surface area contributed by atoms with Gasteiger partial charge in [0.2, 0.25) is 11.8 Å². The molecule has 0 bridgehead atoms. The topological polar surface area (TPSA) is 49.4 Å². The minimum atomic E-state index is -4.49. The molecule has 1 atom stereocenters. The summed E-state index contributed by atoms with van der Waals surface area (Å²) in [6, 6.07) is 12.2. The molecular formula is C22H23F3N2O2. The van der Waals surface area contributed by atoms with Gasteiger partial charge in [-0.15, -0.1) is 0 Å². The first-order valence-electron chi connectivity index (χ1n) is 9.65. The summed E-state index contributed by atoms with van der Waals surface area (Å²) in [5.74, 6) is -1.29. The average molecular weight is 404 g/mol. The monoisotopic (exact) mass is 404 g/mol. The smallest absolute Gasteiger partial charge is 0.326 e. The fourth-order valence-electron chi connectivity index (χ4n) is 3.36. The molecule has 0 radical (unpaired) electrons. The molecule has 1 aliphatic rings. The number of amides is 2. The quantitative estimate of drug-likeness (QED) is 0.733. The molecule has 2 amide bonds. The van der Waals surface area contributed by atoms with Crippen LogP contribution < -0.4 is 10.2 Å². The zero-order valence-corrected chi connectivity index (χ0v) is 16.1. The van der Waals surface area contributed by atoms with Gasteiger partial charge in [-0.1, -0.05) is 31.5 Å². The number of halogens is 3. The molecule has 1 N–H and O–H groups in total. The number of aryl methyl sites for hydroxylation is 1. The van der Waals surface area contributed by atoms with E-state index >= 15 is 0 Å². The first-order chi connectivity index (χ1) is 13.8. The summed E-state index contributed by atoms with van der Waals surface area (Å²) in [5, 5.41) is 2.80. The second-order valence-corrected chi connectivity index (χ2v) is 7.24. The first kappa shape index (κ1) is 20.9. The molecule has 0 saturated carbocycles. The van der Waals surface area contributed by atoms with Crippen molar-refractivity contribution in [3.8, 4) is 0 Å². The molecule has 3 rings (SSSR count). The molecule has 1 heterocycles. The Bertz CT molecular complexity index is 878. The van der Waals surface area contributed by atoms with E-state index in [0.29, 0.717) is 5.69 Å². The number of rotatable bonds is 6. The van der Waals surface area contributed by atoms with E-state index in [4.69, 9.17) is 0 Å². The van der Waals surface area contributed by atoms with Crippen LogP contribution in [0.15, 0.2) is 48.5 Å². The molecular weight excluding hydrogens is 381 g/mol. The predicted octanol–water partition coefficient (Wildman–Crippen LogP) is 5.04. The van der Waals surface area contributed by atoms with Crippen LogP contribution in [-0.2, 0) is 22.2 Å². The van der Waals surface area contributed by atoms with Crippen LogP contribution in [-0.4, -0.2) is 18.4 Å².